The maximum atomic E-state index is 5.16. The second-order valence-electron chi connectivity index (χ2n) is 10.5. The standard InChI is InChI=1S/C37H22N4S/c1-2-11-24(12-3-1)35-38-36(25-18-20-28-27-14-7-9-17-32(27)42-33(28)22-25)40-37(39-35)41-30-16-8-6-15-29(30)34-26-13-5-4-10-23(26)19-21-31(34)41/h1-22H. The highest BCUT2D eigenvalue weighted by Gasteiger charge is 2.19. The second kappa shape index (κ2) is 9.06. The molecule has 196 valence electrons. The fraction of sp³-hybridized carbons (Fsp3) is 0. The highest BCUT2D eigenvalue weighted by atomic mass is 32.1. The molecule has 3 heterocycles. The summed E-state index contributed by atoms with van der Waals surface area (Å²) in [6.07, 6.45) is 0. The molecule has 4 nitrogen and oxygen atoms in total. The molecule has 3 aromatic heterocycles. The van der Waals surface area contributed by atoms with Gasteiger partial charge in [-0.2, -0.15) is 9.97 Å². The molecule has 9 rings (SSSR count). The van der Waals surface area contributed by atoms with Crippen LogP contribution in [0.25, 0.3) is 81.5 Å². The van der Waals surface area contributed by atoms with Crippen molar-refractivity contribution < 1.29 is 0 Å². The summed E-state index contributed by atoms with van der Waals surface area (Å²) in [5.74, 6) is 1.92. The van der Waals surface area contributed by atoms with Gasteiger partial charge in [0.15, 0.2) is 11.6 Å². The largest absolute Gasteiger partial charge is 0.278 e. The van der Waals surface area contributed by atoms with E-state index in [0.29, 0.717) is 17.6 Å². The summed E-state index contributed by atoms with van der Waals surface area (Å²) >= 11 is 1.80. The Hall–Kier alpha value is -5.39. The van der Waals surface area contributed by atoms with Crippen molar-refractivity contribution in [3.05, 3.63) is 133 Å². The number of para-hydroxylation sites is 1. The Labute approximate surface area is 245 Å². The number of thiophene rings is 1. The molecule has 0 aliphatic carbocycles. The van der Waals surface area contributed by atoms with Gasteiger partial charge in [0.1, 0.15) is 0 Å². The quantitative estimate of drug-likeness (QED) is 0.218. The topological polar surface area (TPSA) is 43.6 Å². The predicted octanol–water partition coefficient (Wildman–Crippen LogP) is 9.82. The average molecular weight is 555 g/mol. The van der Waals surface area contributed by atoms with Gasteiger partial charge in [-0.15, -0.1) is 11.3 Å². The zero-order valence-corrected chi connectivity index (χ0v) is 23.2. The molecule has 5 heteroatoms. The van der Waals surface area contributed by atoms with Crippen molar-refractivity contribution in [2.45, 2.75) is 0 Å². The van der Waals surface area contributed by atoms with E-state index >= 15 is 0 Å². The third-order valence-corrected chi connectivity index (χ3v) is 9.19. The minimum Gasteiger partial charge on any atom is -0.278 e. The summed E-state index contributed by atoms with van der Waals surface area (Å²) in [6.45, 7) is 0. The minimum atomic E-state index is 0.608. The lowest BCUT2D eigenvalue weighted by Gasteiger charge is -2.11. The van der Waals surface area contributed by atoms with Crippen molar-refractivity contribution in [2.75, 3.05) is 0 Å². The van der Waals surface area contributed by atoms with E-state index in [1.807, 2.05) is 18.2 Å². The van der Waals surface area contributed by atoms with Crippen LogP contribution in [-0.2, 0) is 0 Å². The Balaban J connectivity index is 1.35. The normalized spacial score (nSPS) is 11.8. The maximum absolute atomic E-state index is 5.16. The maximum Gasteiger partial charge on any atom is 0.238 e. The van der Waals surface area contributed by atoms with Crippen LogP contribution in [0, 0.1) is 0 Å². The van der Waals surface area contributed by atoms with Crippen LogP contribution in [0.5, 0.6) is 0 Å². The highest BCUT2D eigenvalue weighted by Crippen LogP contribution is 2.38. The van der Waals surface area contributed by atoms with Gasteiger partial charge in [0.05, 0.1) is 11.0 Å². The van der Waals surface area contributed by atoms with Crippen LogP contribution in [0.1, 0.15) is 0 Å². The first-order valence-electron chi connectivity index (χ1n) is 14.0. The number of aromatic nitrogens is 4. The van der Waals surface area contributed by atoms with Gasteiger partial charge >= 0.3 is 0 Å². The predicted molar refractivity (Wildman–Crippen MR) is 175 cm³/mol. The Bertz CT molecular complexity index is 2470. The number of hydrogen-bond donors (Lipinski definition) is 0. The van der Waals surface area contributed by atoms with Gasteiger partial charge in [0, 0.05) is 42.1 Å². The Kier molecular flexibility index (Phi) is 5.03. The van der Waals surface area contributed by atoms with Gasteiger partial charge in [0.25, 0.3) is 0 Å². The number of fused-ring (bicyclic) bond motifs is 8. The molecule has 0 atom stereocenters. The number of rotatable bonds is 3. The fourth-order valence-corrected chi connectivity index (χ4v) is 7.28. The molecule has 0 spiro atoms. The molecular weight excluding hydrogens is 533 g/mol. The van der Waals surface area contributed by atoms with Crippen LogP contribution >= 0.6 is 11.3 Å². The first-order valence-corrected chi connectivity index (χ1v) is 14.8. The molecular formula is C37H22N4S. The van der Waals surface area contributed by atoms with Crippen molar-refractivity contribution in [1.82, 2.24) is 19.5 Å². The first kappa shape index (κ1) is 23.3. The molecule has 0 amide bonds. The number of benzene rings is 6. The van der Waals surface area contributed by atoms with Gasteiger partial charge in [-0.05, 0) is 35.0 Å². The summed E-state index contributed by atoms with van der Waals surface area (Å²) in [5, 5.41) is 7.36. The third-order valence-electron chi connectivity index (χ3n) is 8.05. The van der Waals surface area contributed by atoms with Crippen LogP contribution in [0.15, 0.2) is 133 Å². The van der Waals surface area contributed by atoms with Gasteiger partial charge in [-0.3, -0.25) is 4.57 Å². The van der Waals surface area contributed by atoms with Crippen LogP contribution in [0.2, 0.25) is 0 Å². The van der Waals surface area contributed by atoms with Gasteiger partial charge in [-0.1, -0.05) is 109 Å². The van der Waals surface area contributed by atoms with E-state index in [-0.39, 0.29) is 0 Å². The van der Waals surface area contributed by atoms with Crippen molar-refractivity contribution in [3.63, 3.8) is 0 Å². The van der Waals surface area contributed by atoms with Crippen LogP contribution in [0.4, 0.5) is 0 Å². The van der Waals surface area contributed by atoms with Crippen molar-refractivity contribution in [1.29, 1.82) is 0 Å². The fourth-order valence-electron chi connectivity index (χ4n) is 6.13. The second-order valence-corrected chi connectivity index (χ2v) is 11.6. The third kappa shape index (κ3) is 3.51. The summed E-state index contributed by atoms with van der Waals surface area (Å²) in [7, 11) is 0. The molecule has 0 saturated carbocycles. The molecule has 0 radical (unpaired) electrons. The summed E-state index contributed by atoms with van der Waals surface area (Å²) < 4.78 is 4.69. The smallest absolute Gasteiger partial charge is 0.238 e. The monoisotopic (exact) mass is 554 g/mol. The molecule has 0 aliphatic rings. The number of nitrogens with zero attached hydrogens (tertiary/aromatic N) is 4. The van der Waals surface area contributed by atoms with E-state index in [4.69, 9.17) is 15.0 Å². The number of hydrogen-bond acceptors (Lipinski definition) is 4. The first-order chi connectivity index (χ1) is 20.8. The van der Waals surface area contributed by atoms with E-state index in [2.05, 4.69) is 120 Å². The lowest BCUT2D eigenvalue weighted by molar-refractivity contribution is 0.954. The van der Waals surface area contributed by atoms with Crippen molar-refractivity contribution in [3.8, 4) is 28.7 Å². The molecule has 0 fully saturated rings. The van der Waals surface area contributed by atoms with Gasteiger partial charge in [-0.25, -0.2) is 4.98 Å². The Morgan fingerprint density at radius 3 is 2.02 bits per heavy atom. The molecule has 0 unspecified atom stereocenters. The molecule has 0 bridgehead atoms. The van der Waals surface area contributed by atoms with Crippen LogP contribution in [-0.4, -0.2) is 19.5 Å². The lowest BCUT2D eigenvalue weighted by Crippen LogP contribution is -2.06. The minimum absolute atomic E-state index is 0.608. The Morgan fingerprint density at radius 1 is 0.452 bits per heavy atom. The molecule has 6 aromatic carbocycles. The van der Waals surface area contributed by atoms with E-state index in [1.54, 1.807) is 11.3 Å². The SMILES string of the molecule is c1ccc(-c2nc(-c3ccc4c(c3)sc3ccccc34)nc(-n3c4ccccc4c4c5ccccc5ccc43)n2)cc1. The molecule has 42 heavy (non-hydrogen) atoms. The summed E-state index contributed by atoms with van der Waals surface area (Å²) in [6, 6.07) is 46.7. The molecule has 0 saturated heterocycles. The average Bonchev–Trinajstić information content (AvgIpc) is 3.60. The zero-order valence-electron chi connectivity index (χ0n) is 22.4. The molecule has 9 aromatic rings. The van der Waals surface area contributed by atoms with Crippen molar-refractivity contribution >= 4 is 64.1 Å². The summed E-state index contributed by atoms with van der Waals surface area (Å²) in [4.78, 5) is 15.3. The van der Waals surface area contributed by atoms with Crippen LogP contribution < -0.4 is 0 Å². The Morgan fingerprint density at radius 2 is 1.14 bits per heavy atom. The van der Waals surface area contributed by atoms with Crippen molar-refractivity contribution in [2.24, 2.45) is 0 Å². The molecule has 0 N–H and O–H groups in total. The highest BCUT2D eigenvalue weighted by molar-refractivity contribution is 7.25. The van der Waals surface area contributed by atoms with Gasteiger partial charge in [0.2, 0.25) is 5.95 Å². The zero-order chi connectivity index (χ0) is 27.6. The summed E-state index contributed by atoms with van der Waals surface area (Å²) in [5.41, 5.74) is 4.07. The molecule has 0 aliphatic heterocycles. The van der Waals surface area contributed by atoms with E-state index < -0.39 is 0 Å². The van der Waals surface area contributed by atoms with E-state index in [0.717, 1.165) is 22.2 Å². The van der Waals surface area contributed by atoms with E-state index in [1.165, 1.54) is 41.7 Å². The van der Waals surface area contributed by atoms with Gasteiger partial charge < -0.3 is 0 Å². The lowest BCUT2D eigenvalue weighted by atomic mass is 10.0. The van der Waals surface area contributed by atoms with E-state index in [9.17, 15) is 0 Å². The van der Waals surface area contributed by atoms with Crippen LogP contribution in [0.3, 0.4) is 0 Å².